The van der Waals surface area contributed by atoms with E-state index in [1.165, 1.54) is 4.90 Å². The second-order valence-corrected chi connectivity index (χ2v) is 5.50. The van der Waals surface area contributed by atoms with Crippen LogP contribution in [0.2, 0.25) is 0 Å². The van der Waals surface area contributed by atoms with Crippen molar-refractivity contribution in [2.24, 2.45) is 0 Å². The van der Waals surface area contributed by atoms with Gasteiger partial charge in [-0.05, 0) is 18.1 Å². The van der Waals surface area contributed by atoms with Crippen LogP contribution < -0.4 is 0 Å². The summed E-state index contributed by atoms with van der Waals surface area (Å²) in [5.74, 6) is 0. The second-order valence-electron chi connectivity index (χ2n) is 5.50. The molecule has 1 saturated heterocycles. The van der Waals surface area contributed by atoms with Crippen molar-refractivity contribution in [1.82, 2.24) is 9.80 Å². The maximum Gasteiger partial charge on any atom is 0.416 e. The molecule has 10 heteroatoms. The SMILES string of the molecule is O=C(O)N1CCN(CCc2cc([N+](=O)[O-])cc(C(F)(F)F)c2)CC1. The van der Waals surface area contributed by atoms with E-state index in [2.05, 4.69) is 0 Å². The summed E-state index contributed by atoms with van der Waals surface area (Å²) in [4.78, 5) is 24.0. The van der Waals surface area contributed by atoms with Gasteiger partial charge in [0, 0.05) is 44.9 Å². The summed E-state index contributed by atoms with van der Waals surface area (Å²) in [5.41, 5.74) is -1.39. The van der Waals surface area contributed by atoms with E-state index in [0.29, 0.717) is 38.8 Å². The van der Waals surface area contributed by atoms with E-state index in [0.717, 1.165) is 12.1 Å². The number of nitrogens with zero attached hydrogens (tertiary/aromatic N) is 3. The van der Waals surface area contributed by atoms with Crippen LogP contribution in [0.5, 0.6) is 0 Å². The molecule has 132 valence electrons. The van der Waals surface area contributed by atoms with Crippen LogP contribution in [0.15, 0.2) is 18.2 Å². The Bertz CT molecular complexity index is 628. The van der Waals surface area contributed by atoms with Crippen molar-refractivity contribution < 1.29 is 28.0 Å². The van der Waals surface area contributed by atoms with E-state index >= 15 is 0 Å². The van der Waals surface area contributed by atoms with Crippen molar-refractivity contribution >= 4 is 11.8 Å². The van der Waals surface area contributed by atoms with Crippen molar-refractivity contribution in [3.63, 3.8) is 0 Å². The van der Waals surface area contributed by atoms with Crippen LogP contribution in [0, 0.1) is 10.1 Å². The highest BCUT2D eigenvalue weighted by atomic mass is 19.4. The number of carboxylic acid groups (broad SMARTS) is 1. The van der Waals surface area contributed by atoms with Crippen LogP contribution in [0.1, 0.15) is 11.1 Å². The summed E-state index contributed by atoms with van der Waals surface area (Å²) in [6, 6.07) is 2.58. The summed E-state index contributed by atoms with van der Waals surface area (Å²) < 4.78 is 38.5. The van der Waals surface area contributed by atoms with Crippen LogP contribution in [0.3, 0.4) is 0 Å². The predicted octanol–water partition coefficient (Wildman–Crippen LogP) is 2.45. The molecule has 1 heterocycles. The molecule has 1 aliphatic rings. The maximum atomic E-state index is 12.8. The topological polar surface area (TPSA) is 86.9 Å². The number of carbonyl (C=O) groups is 1. The Morgan fingerprint density at radius 3 is 2.33 bits per heavy atom. The zero-order valence-corrected chi connectivity index (χ0v) is 12.6. The molecule has 0 spiro atoms. The van der Waals surface area contributed by atoms with E-state index in [1.807, 2.05) is 4.90 Å². The molecule has 7 nitrogen and oxygen atoms in total. The van der Waals surface area contributed by atoms with Crippen molar-refractivity contribution in [2.45, 2.75) is 12.6 Å². The molecule has 0 aromatic heterocycles. The molecular weight excluding hydrogens is 331 g/mol. The van der Waals surface area contributed by atoms with Gasteiger partial charge in [-0.2, -0.15) is 13.2 Å². The number of hydrogen-bond donors (Lipinski definition) is 1. The largest absolute Gasteiger partial charge is 0.465 e. The minimum absolute atomic E-state index is 0.220. The smallest absolute Gasteiger partial charge is 0.416 e. The maximum absolute atomic E-state index is 12.8. The van der Waals surface area contributed by atoms with Crippen molar-refractivity contribution in [3.8, 4) is 0 Å². The molecule has 1 aromatic carbocycles. The van der Waals surface area contributed by atoms with Crippen molar-refractivity contribution in [2.75, 3.05) is 32.7 Å². The number of benzene rings is 1. The van der Waals surface area contributed by atoms with Gasteiger partial charge in [-0.3, -0.25) is 15.0 Å². The van der Waals surface area contributed by atoms with Crippen LogP contribution in [0.25, 0.3) is 0 Å². The Balaban J connectivity index is 2.03. The van der Waals surface area contributed by atoms with Crippen molar-refractivity contribution in [3.05, 3.63) is 39.4 Å². The number of nitro benzene ring substituents is 1. The zero-order chi connectivity index (χ0) is 17.9. The fourth-order valence-electron chi connectivity index (χ4n) is 2.54. The Morgan fingerprint density at radius 2 is 1.83 bits per heavy atom. The number of non-ortho nitro benzene ring substituents is 1. The highest BCUT2D eigenvalue weighted by molar-refractivity contribution is 5.65. The first-order valence-corrected chi connectivity index (χ1v) is 7.22. The zero-order valence-electron chi connectivity index (χ0n) is 12.6. The molecule has 2 rings (SSSR count). The lowest BCUT2D eigenvalue weighted by molar-refractivity contribution is -0.385. The lowest BCUT2D eigenvalue weighted by Crippen LogP contribution is -2.48. The van der Waals surface area contributed by atoms with Crippen molar-refractivity contribution in [1.29, 1.82) is 0 Å². The standard InChI is InChI=1S/C14H16F3N3O4/c15-14(16,17)11-7-10(8-12(9-11)20(23)24)1-2-18-3-5-19(6-4-18)13(21)22/h7-9H,1-6H2,(H,21,22). The lowest BCUT2D eigenvalue weighted by atomic mass is 10.1. The third-order valence-corrected chi connectivity index (χ3v) is 3.88. The molecule has 1 amide bonds. The minimum Gasteiger partial charge on any atom is -0.465 e. The first kappa shape index (κ1) is 18.0. The summed E-state index contributed by atoms with van der Waals surface area (Å²) in [6.45, 7) is 2.03. The van der Waals surface area contributed by atoms with Crippen LogP contribution in [-0.2, 0) is 12.6 Å². The fraction of sp³-hybridized carbons (Fsp3) is 0.500. The first-order chi connectivity index (χ1) is 11.2. The molecule has 0 saturated carbocycles. The first-order valence-electron chi connectivity index (χ1n) is 7.22. The summed E-state index contributed by atoms with van der Waals surface area (Å²) in [5, 5.41) is 19.7. The van der Waals surface area contributed by atoms with Gasteiger partial charge in [-0.1, -0.05) is 0 Å². The Labute approximate surface area is 135 Å². The number of hydrogen-bond acceptors (Lipinski definition) is 4. The Kier molecular flexibility index (Phi) is 5.27. The Hall–Kier alpha value is -2.36. The highest BCUT2D eigenvalue weighted by Crippen LogP contribution is 2.32. The number of amides is 1. The van der Waals surface area contributed by atoms with Crippen LogP contribution in [0.4, 0.5) is 23.7 Å². The average molecular weight is 347 g/mol. The lowest BCUT2D eigenvalue weighted by Gasteiger charge is -2.33. The van der Waals surface area contributed by atoms with Gasteiger partial charge in [0.15, 0.2) is 0 Å². The molecule has 0 radical (unpaired) electrons. The van der Waals surface area contributed by atoms with Gasteiger partial charge in [0.1, 0.15) is 0 Å². The number of nitro groups is 1. The van der Waals surface area contributed by atoms with E-state index in [1.54, 1.807) is 0 Å². The van der Waals surface area contributed by atoms with E-state index in [4.69, 9.17) is 5.11 Å². The summed E-state index contributed by atoms with van der Waals surface area (Å²) in [6.07, 6.45) is -5.42. The number of alkyl halides is 3. The molecule has 0 unspecified atom stereocenters. The average Bonchev–Trinajstić information content (AvgIpc) is 2.52. The number of halogens is 3. The third kappa shape index (κ3) is 4.57. The van der Waals surface area contributed by atoms with Gasteiger partial charge in [0.05, 0.1) is 10.5 Å². The third-order valence-electron chi connectivity index (χ3n) is 3.88. The quantitative estimate of drug-likeness (QED) is 0.668. The normalized spacial score (nSPS) is 16.2. The van der Waals surface area contributed by atoms with Gasteiger partial charge in [-0.25, -0.2) is 4.79 Å². The Morgan fingerprint density at radius 1 is 1.21 bits per heavy atom. The summed E-state index contributed by atoms with van der Waals surface area (Å²) in [7, 11) is 0. The fourth-order valence-corrected chi connectivity index (χ4v) is 2.54. The highest BCUT2D eigenvalue weighted by Gasteiger charge is 2.32. The van der Waals surface area contributed by atoms with Gasteiger partial charge >= 0.3 is 12.3 Å². The van der Waals surface area contributed by atoms with E-state index in [-0.39, 0.29) is 12.0 Å². The van der Waals surface area contributed by atoms with Crippen LogP contribution >= 0.6 is 0 Å². The molecule has 0 aliphatic carbocycles. The molecule has 1 aromatic rings. The monoisotopic (exact) mass is 347 g/mol. The van der Waals surface area contributed by atoms with E-state index in [9.17, 15) is 28.1 Å². The summed E-state index contributed by atoms with van der Waals surface area (Å²) >= 11 is 0. The molecule has 1 fully saturated rings. The number of rotatable bonds is 4. The van der Waals surface area contributed by atoms with Crippen LogP contribution in [-0.4, -0.2) is 58.6 Å². The predicted molar refractivity (Wildman–Crippen MR) is 77.8 cm³/mol. The second kappa shape index (κ2) is 7.04. The molecule has 24 heavy (non-hydrogen) atoms. The molecule has 1 aliphatic heterocycles. The van der Waals surface area contributed by atoms with Gasteiger partial charge in [0.2, 0.25) is 0 Å². The molecular formula is C14H16F3N3O4. The van der Waals surface area contributed by atoms with Gasteiger partial charge < -0.3 is 10.0 Å². The molecule has 0 bridgehead atoms. The molecule has 1 N–H and O–H groups in total. The van der Waals surface area contributed by atoms with Gasteiger partial charge in [-0.15, -0.1) is 0 Å². The van der Waals surface area contributed by atoms with Gasteiger partial charge in [0.25, 0.3) is 5.69 Å². The minimum atomic E-state index is -4.64. The van der Waals surface area contributed by atoms with E-state index < -0.39 is 28.4 Å². The number of piperazine rings is 1. The molecule has 0 atom stereocenters.